The van der Waals surface area contributed by atoms with Gasteiger partial charge in [0, 0.05) is 0 Å². The summed E-state index contributed by atoms with van der Waals surface area (Å²) in [5.41, 5.74) is 0.572. The molecule has 0 radical (unpaired) electrons. The van der Waals surface area contributed by atoms with Gasteiger partial charge in [0.1, 0.15) is 0 Å². The number of rotatable bonds is 12. The Morgan fingerprint density at radius 1 is 0.978 bits per heavy atom. The van der Waals surface area contributed by atoms with Crippen LogP contribution >= 0.6 is 0 Å². The summed E-state index contributed by atoms with van der Waals surface area (Å²) in [7, 11) is -6.87. The van der Waals surface area contributed by atoms with Crippen molar-refractivity contribution in [3.8, 4) is 5.69 Å². The SMILES string of the molecule is CC1(C)OC[C@H](C/C=C/[C@@H](CCS(=O)(=O)c2nnnn2-c2ccccc2)O[Si](c2ccccc2)(c2ccccc2)C(C)(C)C)O1. The molecule has 0 saturated carbocycles. The van der Waals surface area contributed by atoms with Gasteiger partial charge >= 0.3 is 0 Å². The number of ether oxygens (including phenoxy) is 2. The number of hydrogen-bond acceptors (Lipinski definition) is 8. The van der Waals surface area contributed by atoms with Gasteiger partial charge in [0.25, 0.3) is 13.5 Å². The molecule has 45 heavy (non-hydrogen) atoms. The van der Waals surface area contributed by atoms with E-state index < -0.39 is 30.0 Å². The number of sulfone groups is 1. The topological polar surface area (TPSA) is 105 Å². The van der Waals surface area contributed by atoms with E-state index in [9.17, 15) is 8.42 Å². The van der Waals surface area contributed by atoms with Crippen LogP contribution in [-0.4, -0.2) is 67.3 Å². The van der Waals surface area contributed by atoms with Crippen molar-refractivity contribution >= 4 is 28.5 Å². The van der Waals surface area contributed by atoms with Crippen LogP contribution in [0.1, 0.15) is 47.5 Å². The standard InChI is InChI=1S/C34H42N4O5SSi/c1-33(2,3)45(30-20-11-7-12-21-30,31-22-13-8-14-23-31)43-28(18-15-19-29-26-41-34(4,5)42-29)24-25-44(39,40)32-35-36-37-38(32)27-16-9-6-10-17-27/h6-18,20-23,28-29H,19,24-26H2,1-5H3/b18-15+/t28-,29-/m0/s1. The number of tetrazole rings is 1. The van der Waals surface area contributed by atoms with Crippen molar-refractivity contribution in [1.29, 1.82) is 0 Å². The molecule has 3 aromatic carbocycles. The lowest BCUT2D eigenvalue weighted by Gasteiger charge is -2.44. The van der Waals surface area contributed by atoms with E-state index in [0.717, 1.165) is 10.4 Å². The summed E-state index contributed by atoms with van der Waals surface area (Å²) in [5.74, 6) is -0.830. The van der Waals surface area contributed by atoms with Gasteiger partial charge in [-0.15, -0.1) is 0 Å². The molecule has 0 bridgehead atoms. The first-order valence-corrected chi connectivity index (χ1v) is 18.8. The van der Waals surface area contributed by atoms with E-state index >= 15 is 0 Å². The minimum Gasteiger partial charge on any atom is -0.401 e. The lowest BCUT2D eigenvalue weighted by atomic mass is 10.2. The summed E-state index contributed by atoms with van der Waals surface area (Å²) in [6.07, 6.45) is 4.22. The molecule has 1 aliphatic heterocycles. The molecular formula is C34H42N4O5SSi. The molecule has 9 nitrogen and oxygen atoms in total. The Hall–Kier alpha value is -3.48. The van der Waals surface area contributed by atoms with Gasteiger partial charge in [-0.05, 0) is 64.7 Å². The molecule has 0 N–H and O–H groups in total. The van der Waals surface area contributed by atoms with Gasteiger partial charge in [-0.1, -0.05) is 117 Å². The Kier molecular flexibility index (Phi) is 9.85. The molecule has 5 rings (SSSR count). The fourth-order valence-electron chi connectivity index (χ4n) is 5.84. The van der Waals surface area contributed by atoms with Crippen molar-refractivity contribution in [2.75, 3.05) is 12.4 Å². The normalized spacial score (nSPS) is 17.9. The van der Waals surface area contributed by atoms with Crippen molar-refractivity contribution in [1.82, 2.24) is 20.2 Å². The molecule has 4 aromatic rings. The highest BCUT2D eigenvalue weighted by atomic mass is 32.2. The van der Waals surface area contributed by atoms with E-state index in [0.29, 0.717) is 18.7 Å². The lowest BCUT2D eigenvalue weighted by molar-refractivity contribution is -0.137. The quantitative estimate of drug-likeness (QED) is 0.159. The van der Waals surface area contributed by atoms with Crippen LogP contribution in [0.4, 0.5) is 0 Å². The monoisotopic (exact) mass is 646 g/mol. The molecule has 0 unspecified atom stereocenters. The largest absolute Gasteiger partial charge is 0.401 e. The van der Waals surface area contributed by atoms with Crippen molar-refractivity contribution < 1.29 is 22.3 Å². The third kappa shape index (κ3) is 7.50. The van der Waals surface area contributed by atoms with E-state index in [1.807, 2.05) is 80.6 Å². The third-order valence-corrected chi connectivity index (χ3v) is 14.6. The van der Waals surface area contributed by atoms with Gasteiger partial charge in [0.05, 0.1) is 30.3 Å². The number of hydrogen-bond donors (Lipinski definition) is 0. The summed E-state index contributed by atoms with van der Waals surface area (Å²) < 4.78 is 48.0. The van der Waals surface area contributed by atoms with Crippen molar-refractivity contribution in [3.63, 3.8) is 0 Å². The molecule has 1 aliphatic rings. The fraction of sp³-hybridized carbons (Fsp3) is 0.382. The molecular weight excluding hydrogens is 605 g/mol. The van der Waals surface area contributed by atoms with E-state index in [4.69, 9.17) is 13.9 Å². The first-order valence-electron chi connectivity index (χ1n) is 15.3. The molecule has 2 atom stereocenters. The zero-order chi connectivity index (χ0) is 32.1. The minimum atomic E-state index is -3.88. The molecule has 1 saturated heterocycles. The van der Waals surface area contributed by atoms with Crippen LogP contribution in [-0.2, 0) is 23.7 Å². The van der Waals surface area contributed by atoms with Gasteiger partial charge in [0.2, 0.25) is 9.84 Å². The van der Waals surface area contributed by atoms with Crippen molar-refractivity contribution in [2.45, 2.75) is 75.7 Å². The summed E-state index contributed by atoms with van der Waals surface area (Å²) >= 11 is 0. The maximum Gasteiger partial charge on any atom is 0.272 e. The summed E-state index contributed by atoms with van der Waals surface area (Å²) in [6, 6.07) is 29.7. The number of benzene rings is 3. The molecule has 11 heteroatoms. The number of aromatic nitrogens is 4. The van der Waals surface area contributed by atoms with Crippen LogP contribution in [0.2, 0.25) is 5.04 Å². The van der Waals surface area contributed by atoms with E-state index in [1.165, 1.54) is 4.68 Å². The highest BCUT2D eigenvalue weighted by Crippen LogP contribution is 2.38. The first-order chi connectivity index (χ1) is 21.4. The second-order valence-corrected chi connectivity index (χ2v) is 19.0. The van der Waals surface area contributed by atoms with Gasteiger partial charge in [0.15, 0.2) is 5.79 Å². The predicted octanol–water partition coefficient (Wildman–Crippen LogP) is 4.87. The van der Waals surface area contributed by atoms with Crippen molar-refractivity contribution in [3.05, 3.63) is 103 Å². The summed E-state index contributed by atoms with van der Waals surface area (Å²) in [4.78, 5) is 0. The maximum atomic E-state index is 13.8. The molecule has 0 spiro atoms. The number of nitrogens with zero attached hydrogens (tertiary/aromatic N) is 4. The second-order valence-electron chi connectivity index (χ2n) is 12.8. The minimum absolute atomic E-state index is 0.0935. The Bertz CT molecular complexity index is 1630. The molecule has 238 valence electrons. The highest BCUT2D eigenvalue weighted by molar-refractivity contribution is 7.91. The predicted molar refractivity (Wildman–Crippen MR) is 177 cm³/mol. The smallest absolute Gasteiger partial charge is 0.272 e. The van der Waals surface area contributed by atoms with E-state index in [-0.39, 0.29) is 28.5 Å². The maximum absolute atomic E-state index is 13.8. The Labute approximate surface area is 267 Å². The lowest BCUT2D eigenvalue weighted by Crippen LogP contribution is -2.67. The molecule has 1 fully saturated rings. The van der Waals surface area contributed by atoms with Gasteiger partial charge in [-0.25, -0.2) is 8.42 Å². The first kappa shape index (κ1) is 32.9. The average molecular weight is 647 g/mol. The van der Waals surface area contributed by atoms with Crippen LogP contribution < -0.4 is 10.4 Å². The zero-order valence-corrected chi connectivity index (χ0v) is 28.4. The van der Waals surface area contributed by atoms with Gasteiger partial charge in [-0.3, -0.25) is 0 Å². The Morgan fingerprint density at radius 3 is 2.09 bits per heavy atom. The average Bonchev–Trinajstić information content (AvgIpc) is 3.66. The van der Waals surface area contributed by atoms with Crippen LogP contribution in [0, 0.1) is 0 Å². The van der Waals surface area contributed by atoms with Crippen molar-refractivity contribution in [2.24, 2.45) is 0 Å². The van der Waals surface area contributed by atoms with Crippen LogP contribution in [0.25, 0.3) is 5.69 Å². The van der Waals surface area contributed by atoms with Crippen LogP contribution in [0.3, 0.4) is 0 Å². The van der Waals surface area contributed by atoms with E-state index in [2.05, 4.69) is 60.6 Å². The Balaban J connectivity index is 1.50. The molecule has 0 aliphatic carbocycles. The second kappa shape index (κ2) is 13.5. The van der Waals surface area contributed by atoms with E-state index in [1.54, 1.807) is 12.1 Å². The number of para-hydroxylation sites is 1. The third-order valence-electron chi connectivity index (χ3n) is 7.95. The molecule has 1 aromatic heterocycles. The molecule has 0 amide bonds. The van der Waals surface area contributed by atoms with Crippen LogP contribution in [0.15, 0.2) is 108 Å². The van der Waals surface area contributed by atoms with Gasteiger partial charge < -0.3 is 13.9 Å². The fourth-order valence-corrected chi connectivity index (χ4v) is 11.8. The summed E-state index contributed by atoms with van der Waals surface area (Å²) in [5, 5.41) is 13.3. The highest BCUT2D eigenvalue weighted by Gasteiger charge is 2.51. The van der Waals surface area contributed by atoms with Crippen LogP contribution in [0.5, 0.6) is 0 Å². The Morgan fingerprint density at radius 2 is 1.56 bits per heavy atom. The summed E-state index contributed by atoms with van der Waals surface area (Å²) in [6.45, 7) is 10.9. The molecule has 2 heterocycles. The van der Waals surface area contributed by atoms with Gasteiger partial charge in [-0.2, -0.15) is 4.68 Å². The zero-order valence-electron chi connectivity index (χ0n) is 26.5.